The molecule has 1 amide bonds. The molecule has 0 aromatic rings. The average molecular weight is 178 g/mol. The first kappa shape index (κ1) is 8.19. The molecule has 2 N–H and O–H groups in total. The fraction of sp³-hybridized carbons (Fsp3) is 0.333. The van der Waals surface area contributed by atoms with E-state index in [-0.39, 0.29) is 12.1 Å². The topological polar surface area (TPSA) is 64.7 Å². The van der Waals surface area contributed by atoms with Crippen molar-refractivity contribution in [3.8, 4) is 0 Å². The number of carbonyl (C=O) groups is 1. The van der Waals surface area contributed by atoms with Crippen LogP contribution < -0.4 is 5.73 Å². The van der Waals surface area contributed by atoms with E-state index in [4.69, 9.17) is 10.5 Å². The van der Waals surface area contributed by atoms with E-state index >= 15 is 0 Å². The highest BCUT2D eigenvalue weighted by Gasteiger charge is 2.28. The third kappa shape index (κ3) is 1.53. The fourth-order valence-corrected chi connectivity index (χ4v) is 1.36. The molecule has 1 heterocycles. The molecule has 0 spiro atoms. The number of allylic oxidation sites excluding steroid dienone is 2. The van der Waals surface area contributed by atoms with Crippen molar-refractivity contribution < 1.29 is 9.53 Å². The van der Waals surface area contributed by atoms with Crippen LogP contribution in [0.15, 0.2) is 29.3 Å². The monoisotopic (exact) mass is 178 g/mol. The smallest absolute Gasteiger partial charge is 0.252 e. The Balaban J connectivity index is 2.16. The molecule has 3 unspecified atom stereocenters. The first-order chi connectivity index (χ1) is 6.27. The molecule has 4 heteroatoms. The van der Waals surface area contributed by atoms with Crippen molar-refractivity contribution in [1.82, 2.24) is 0 Å². The molecule has 0 radical (unpaired) electrons. The van der Waals surface area contributed by atoms with Gasteiger partial charge in [0.15, 0.2) is 6.10 Å². The molecule has 0 saturated carbocycles. The third-order valence-corrected chi connectivity index (χ3v) is 2.03. The molecule has 1 aliphatic carbocycles. The number of aliphatic imine (C=N–C) groups is 1. The Bertz CT molecular complexity index is 307. The molecule has 0 bridgehead atoms. The summed E-state index contributed by atoms with van der Waals surface area (Å²) >= 11 is 0. The van der Waals surface area contributed by atoms with Crippen LogP contribution in [-0.2, 0) is 9.53 Å². The van der Waals surface area contributed by atoms with Crippen molar-refractivity contribution in [2.24, 2.45) is 10.7 Å². The predicted molar refractivity (Wildman–Crippen MR) is 48.4 cm³/mol. The van der Waals surface area contributed by atoms with E-state index in [0.717, 1.165) is 0 Å². The quantitative estimate of drug-likeness (QED) is 0.604. The van der Waals surface area contributed by atoms with Gasteiger partial charge in [-0.1, -0.05) is 24.3 Å². The summed E-state index contributed by atoms with van der Waals surface area (Å²) in [6.45, 7) is 0. The standard InChI is InChI=1S/C9H10N2O2/c10-9(12)8-5-11-6-3-1-2-4-7(6)13-8/h1-8H,(H2,10,12). The summed E-state index contributed by atoms with van der Waals surface area (Å²) in [5.41, 5.74) is 5.09. The van der Waals surface area contributed by atoms with Crippen molar-refractivity contribution in [3.63, 3.8) is 0 Å². The molecule has 3 atom stereocenters. The Kier molecular flexibility index (Phi) is 1.98. The maximum Gasteiger partial charge on any atom is 0.252 e. The Morgan fingerprint density at radius 3 is 2.92 bits per heavy atom. The van der Waals surface area contributed by atoms with E-state index in [2.05, 4.69) is 4.99 Å². The van der Waals surface area contributed by atoms with Gasteiger partial charge in [0.05, 0.1) is 6.04 Å². The lowest BCUT2D eigenvalue weighted by molar-refractivity contribution is -0.127. The van der Waals surface area contributed by atoms with Crippen LogP contribution in [0.3, 0.4) is 0 Å². The summed E-state index contributed by atoms with van der Waals surface area (Å²) in [6, 6.07) is 0.000556. The number of amides is 1. The van der Waals surface area contributed by atoms with Gasteiger partial charge >= 0.3 is 0 Å². The van der Waals surface area contributed by atoms with Crippen LogP contribution in [-0.4, -0.2) is 30.4 Å². The number of primary amides is 1. The Morgan fingerprint density at radius 2 is 2.15 bits per heavy atom. The lowest BCUT2D eigenvalue weighted by Gasteiger charge is -2.27. The van der Waals surface area contributed by atoms with E-state index in [0.29, 0.717) is 0 Å². The maximum absolute atomic E-state index is 10.8. The lowest BCUT2D eigenvalue weighted by Crippen LogP contribution is -2.42. The van der Waals surface area contributed by atoms with Crippen LogP contribution >= 0.6 is 0 Å². The van der Waals surface area contributed by atoms with Crippen molar-refractivity contribution in [2.75, 3.05) is 0 Å². The van der Waals surface area contributed by atoms with Gasteiger partial charge in [-0.2, -0.15) is 0 Å². The van der Waals surface area contributed by atoms with Gasteiger partial charge in [0.1, 0.15) is 6.10 Å². The number of nitrogens with two attached hydrogens (primary N) is 1. The van der Waals surface area contributed by atoms with Crippen LogP contribution in [0.5, 0.6) is 0 Å². The highest BCUT2D eigenvalue weighted by atomic mass is 16.5. The van der Waals surface area contributed by atoms with Gasteiger partial charge in [0.2, 0.25) is 0 Å². The molecular formula is C9H10N2O2. The Labute approximate surface area is 75.8 Å². The molecule has 0 saturated heterocycles. The first-order valence-electron chi connectivity index (χ1n) is 4.10. The van der Waals surface area contributed by atoms with Crippen molar-refractivity contribution in [1.29, 1.82) is 0 Å². The predicted octanol–water partition coefficient (Wildman–Crippen LogP) is -0.196. The van der Waals surface area contributed by atoms with E-state index in [9.17, 15) is 4.79 Å². The summed E-state index contributed by atoms with van der Waals surface area (Å²) in [6.07, 6.45) is 8.22. The summed E-state index contributed by atoms with van der Waals surface area (Å²) in [7, 11) is 0. The van der Waals surface area contributed by atoms with Gasteiger partial charge in [-0.3, -0.25) is 9.79 Å². The number of ether oxygens (including phenoxy) is 1. The average Bonchev–Trinajstić information content (AvgIpc) is 2.17. The molecular weight excluding hydrogens is 168 g/mol. The second-order valence-electron chi connectivity index (χ2n) is 2.98. The van der Waals surface area contributed by atoms with Crippen LogP contribution in [0.4, 0.5) is 0 Å². The van der Waals surface area contributed by atoms with Gasteiger partial charge in [-0.05, 0) is 0 Å². The number of fused-ring (bicyclic) bond motifs is 1. The Morgan fingerprint density at radius 1 is 1.38 bits per heavy atom. The van der Waals surface area contributed by atoms with Crippen molar-refractivity contribution in [3.05, 3.63) is 24.3 Å². The number of nitrogens with zero attached hydrogens (tertiary/aromatic N) is 1. The highest BCUT2D eigenvalue weighted by molar-refractivity contribution is 5.95. The number of hydrogen-bond donors (Lipinski definition) is 1. The molecule has 4 nitrogen and oxygen atoms in total. The zero-order valence-electron chi connectivity index (χ0n) is 6.96. The first-order valence-corrected chi connectivity index (χ1v) is 4.10. The third-order valence-electron chi connectivity index (χ3n) is 2.03. The van der Waals surface area contributed by atoms with Gasteiger partial charge in [0.25, 0.3) is 5.91 Å². The number of rotatable bonds is 1. The minimum atomic E-state index is -0.683. The van der Waals surface area contributed by atoms with Crippen molar-refractivity contribution in [2.45, 2.75) is 18.2 Å². The van der Waals surface area contributed by atoms with Crippen molar-refractivity contribution >= 4 is 12.1 Å². The van der Waals surface area contributed by atoms with Gasteiger partial charge in [-0.25, -0.2) is 0 Å². The maximum atomic E-state index is 10.8. The zero-order valence-corrected chi connectivity index (χ0v) is 6.96. The minimum Gasteiger partial charge on any atom is -0.367 e. The SMILES string of the molecule is NC(=O)C1C=NC2C=CC=CC2O1. The largest absolute Gasteiger partial charge is 0.367 e. The normalized spacial score (nSPS) is 35.8. The lowest BCUT2D eigenvalue weighted by atomic mass is 10.0. The molecule has 2 rings (SSSR count). The van der Waals surface area contributed by atoms with Gasteiger partial charge < -0.3 is 10.5 Å². The molecule has 0 aromatic carbocycles. The summed E-state index contributed by atoms with van der Waals surface area (Å²) < 4.78 is 5.39. The second kappa shape index (κ2) is 3.14. The molecule has 68 valence electrons. The Hall–Kier alpha value is -1.42. The van der Waals surface area contributed by atoms with Gasteiger partial charge in [0, 0.05) is 6.21 Å². The van der Waals surface area contributed by atoms with Crippen LogP contribution in [0.1, 0.15) is 0 Å². The number of carbonyl (C=O) groups excluding carboxylic acids is 1. The van der Waals surface area contributed by atoms with E-state index in [1.54, 1.807) is 0 Å². The summed E-state index contributed by atoms with van der Waals surface area (Å²) in [5, 5.41) is 0. The van der Waals surface area contributed by atoms with E-state index < -0.39 is 12.0 Å². The second-order valence-corrected chi connectivity index (χ2v) is 2.98. The van der Waals surface area contributed by atoms with Gasteiger partial charge in [-0.15, -0.1) is 0 Å². The fourth-order valence-electron chi connectivity index (χ4n) is 1.36. The zero-order chi connectivity index (χ0) is 9.26. The van der Waals surface area contributed by atoms with Crippen LogP contribution in [0.25, 0.3) is 0 Å². The highest BCUT2D eigenvalue weighted by Crippen LogP contribution is 2.17. The molecule has 1 aliphatic heterocycles. The molecule has 0 aromatic heterocycles. The summed E-state index contributed by atoms with van der Waals surface area (Å²) in [4.78, 5) is 15.0. The molecule has 13 heavy (non-hydrogen) atoms. The summed E-state index contributed by atoms with van der Waals surface area (Å²) in [5.74, 6) is -0.495. The van der Waals surface area contributed by atoms with E-state index in [1.807, 2.05) is 24.3 Å². The van der Waals surface area contributed by atoms with Crippen LogP contribution in [0.2, 0.25) is 0 Å². The van der Waals surface area contributed by atoms with Crippen LogP contribution in [0, 0.1) is 0 Å². The molecule has 0 fully saturated rings. The van der Waals surface area contributed by atoms with E-state index in [1.165, 1.54) is 6.21 Å². The molecule has 2 aliphatic rings. The number of hydrogen-bond acceptors (Lipinski definition) is 3. The minimum absolute atomic E-state index is 0.000556.